The van der Waals surface area contributed by atoms with E-state index >= 15 is 0 Å². The predicted octanol–water partition coefficient (Wildman–Crippen LogP) is 2.54. The minimum absolute atomic E-state index is 0.0354. The number of nitrogens with one attached hydrogen (secondary N) is 1. The normalized spacial score (nSPS) is 25.3. The largest absolute Gasteiger partial charge is 0.444 e. The van der Waals surface area contributed by atoms with E-state index in [0.29, 0.717) is 6.42 Å². The van der Waals surface area contributed by atoms with E-state index in [1.807, 2.05) is 0 Å². The Morgan fingerprint density at radius 3 is 2.32 bits per heavy atom. The summed E-state index contributed by atoms with van der Waals surface area (Å²) < 4.78 is 44.5. The number of likely N-dealkylation sites (N-methyl/N-ethyl adjacent to an activating group) is 1. The quantitative estimate of drug-likeness (QED) is 0.803. The molecule has 1 amide bonds. The SMILES string of the molecule is CNC1(C(F)(F)F)CCCN(C(=O)OC(C)(C)C)C1. The Kier molecular flexibility index (Phi) is 4.39. The van der Waals surface area contributed by atoms with Gasteiger partial charge < -0.3 is 15.0 Å². The van der Waals surface area contributed by atoms with Crippen molar-refractivity contribution >= 4 is 6.09 Å². The Morgan fingerprint density at radius 2 is 1.89 bits per heavy atom. The van der Waals surface area contributed by atoms with Crippen molar-refractivity contribution < 1.29 is 22.7 Å². The Bertz CT molecular complexity index is 339. The highest BCUT2D eigenvalue weighted by atomic mass is 19.4. The molecule has 0 radical (unpaired) electrons. The lowest BCUT2D eigenvalue weighted by molar-refractivity contribution is -0.207. The molecule has 0 aliphatic carbocycles. The number of ether oxygens (including phenoxy) is 1. The molecule has 4 nitrogen and oxygen atoms in total. The average Bonchev–Trinajstić information content (AvgIpc) is 2.25. The highest BCUT2D eigenvalue weighted by molar-refractivity contribution is 5.68. The standard InChI is InChI=1S/C12H21F3N2O2/c1-10(2,3)19-9(18)17-7-5-6-11(8-17,16-4)12(13,14)15/h16H,5-8H2,1-4H3. The predicted molar refractivity (Wildman–Crippen MR) is 64.9 cm³/mol. The van der Waals surface area contributed by atoms with Gasteiger partial charge in [0.25, 0.3) is 0 Å². The molecule has 112 valence electrons. The zero-order chi connectivity index (χ0) is 14.9. The number of nitrogens with zero attached hydrogens (tertiary/aromatic N) is 1. The van der Waals surface area contributed by atoms with Crippen LogP contribution >= 0.6 is 0 Å². The highest BCUT2D eigenvalue weighted by Crippen LogP contribution is 2.37. The van der Waals surface area contributed by atoms with Crippen molar-refractivity contribution in [3.63, 3.8) is 0 Å². The molecule has 1 N–H and O–H groups in total. The number of carbonyl (C=O) groups excluding carboxylic acids is 1. The van der Waals surface area contributed by atoms with E-state index in [0.717, 1.165) is 4.90 Å². The number of hydrogen-bond acceptors (Lipinski definition) is 3. The maximum atomic E-state index is 13.1. The van der Waals surface area contributed by atoms with Crippen molar-refractivity contribution in [2.24, 2.45) is 0 Å². The van der Waals surface area contributed by atoms with E-state index in [4.69, 9.17) is 4.74 Å². The van der Waals surface area contributed by atoms with Crippen LogP contribution in [0.5, 0.6) is 0 Å². The van der Waals surface area contributed by atoms with Crippen molar-refractivity contribution in [2.45, 2.75) is 50.9 Å². The number of carbonyl (C=O) groups is 1. The first-order valence-electron chi connectivity index (χ1n) is 6.24. The van der Waals surface area contributed by atoms with Crippen LogP contribution in [0.2, 0.25) is 0 Å². The molecule has 0 aromatic carbocycles. The molecule has 1 unspecified atom stereocenters. The molecule has 1 aliphatic heterocycles. The van der Waals surface area contributed by atoms with Gasteiger partial charge in [-0.15, -0.1) is 0 Å². The number of amides is 1. The van der Waals surface area contributed by atoms with Gasteiger partial charge >= 0.3 is 12.3 Å². The summed E-state index contributed by atoms with van der Waals surface area (Å²) in [4.78, 5) is 13.0. The van der Waals surface area contributed by atoms with Gasteiger partial charge in [0.1, 0.15) is 11.1 Å². The van der Waals surface area contributed by atoms with Gasteiger partial charge in [-0.1, -0.05) is 0 Å². The third-order valence-corrected chi connectivity index (χ3v) is 3.17. The second-order valence-corrected chi connectivity index (χ2v) is 5.84. The van der Waals surface area contributed by atoms with Gasteiger partial charge in [0.2, 0.25) is 0 Å². The zero-order valence-corrected chi connectivity index (χ0v) is 11.7. The van der Waals surface area contributed by atoms with Crippen molar-refractivity contribution in [2.75, 3.05) is 20.1 Å². The van der Waals surface area contributed by atoms with Crippen molar-refractivity contribution in [3.8, 4) is 0 Å². The molecule has 0 bridgehead atoms. The second kappa shape index (κ2) is 5.19. The summed E-state index contributed by atoms with van der Waals surface area (Å²) in [7, 11) is 1.27. The molecule has 19 heavy (non-hydrogen) atoms. The van der Waals surface area contributed by atoms with E-state index < -0.39 is 30.0 Å². The minimum Gasteiger partial charge on any atom is -0.444 e. The molecule has 1 atom stereocenters. The fourth-order valence-electron chi connectivity index (χ4n) is 2.12. The first-order chi connectivity index (χ1) is 8.51. The molecule has 0 saturated carbocycles. The lowest BCUT2D eigenvalue weighted by Gasteiger charge is -2.43. The van der Waals surface area contributed by atoms with Crippen LogP contribution in [0.15, 0.2) is 0 Å². The van der Waals surface area contributed by atoms with Crippen molar-refractivity contribution in [1.29, 1.82) is 0 Å². The number of rotatable bonds is 1. The van der Waals surface area contributed by atoms with Crippen LogP contribution in [0, 0.1) is 0 Å². The Balaban J connectivity index is 2.82. The maximum absolute atomic E-state index is 13.1. The first-order valence-corrected chi connectivity index (χ1v) is 6.24. The lowest BCUT2D eigenvalue weighted by Crippen LogP contribution is -2.65. The number of halogens is 3. The van der Waals surface area contributed by atoms with E-state index in [1.54, 1.807) is 20.8 Å². The van der Waals surface area contributed by atoms with Gasteiger partial charge in [-0.2, -0.15) is 13.2 Å². The molecule has 1 saturated heterocycles. The molecule has 7 heteroatoms. The molecule has 1 rings (SSSR count). The van der Waals surface area contributed by atoms with Crippen molar-refractivity contribution in [1.82, 2.24) is 10.2 Å². The minimum atomic E-state index is -4.40. The van der Waals surface area contributed by atoms with Crippen LogP contribution in [-0.4, -0.2) is 48.4 Å². The van der Waals surface area contributed by atoms with Crippen LogP contribution in [0.25, 0.3) is 0 Å². The third kappa shape index (κ3) is 3.75. The van der Waals surface area contributed by atoms with Crippen LogP contribution in [0.4, 0.5) is 18.0 Å². The summed E-state index contributed by atoms with van der Waals surface area (Å²) in [5, 5.41) is 2.33. The van der Waals surface area contributed by atoms with E-state index in [1.165, 1.54) is 7.05 Å². The van der Waals surface area contributed by atoms with Crippen LogP contribution in [-0.2, 0) is 4.74 Å². The van der Waals surface area contributed by atoms with Gasteiger partial charge in [0.05, 0.1) is 6.54 Å². The maximum Gasteiger partial charge on any atom is 0.410 e. The summed E-state index contributed by atoms with van der Waals surface area (Å²) in [6.45, 7) is 4.92. The summed E-state index contributed by atoms with van der Waals surface area (Å²) >= 11 is 0. The number of hydrogen-bond donors (Lipinski definition) is 1. The smallest absolute Gasteiger partial charge is 0.410 e. The number of piperidine rings is 1. The topological polar surface area (TPSA) is 41.6 Å². The molecular weight excluding hydrogens is 261 g/mol. The lowest BCUT2D eigenvalue weighted by atomic mass is 9.88. The summed E-state index contributed by atoms with van der Waals surface area (Å²) in [6, 6.07) is 0. The Morgan fingerprint density at radius 1 is 1.32 bits per heavy atom. The van der Waals surface area contributed by atoms with Crippen LogP contribution < -0.4 is 5.32 Å². The highest BCUT2D eigenvalue weighted by Gasteiger charge is 2.56. The average molecular weight is 282 g/mol. The number of likely N-dealkylation sites (tertiary alicyclic amines) is 1. The summed E-state index contributed by atoms with van der Waals surface area (Å²) in [5.41, 5.74) is -2.75. The molecule has 0 aromatic heterocycles. The summed E-state index contributed by atoms with van der Waals surface area (Å²) in [6.07, 6.45) is -4.84. The molecule has 1 heterocycles. The van der Waals surface area contributed by atoms with Gasteiger partial charge in [-0.3, -0.25) is 0 Å². The summed E-state index contributed by atoms with van der Waals surface area (Å²) in [5.74, 6) is 0. The second-order valence-electron chi connectivity index (χ2n) is 5.84. The van der Waals surface area contributed by atoms with E-state index in [2.05, 4.69) is 5.32 Å². The van der Waals surface area contributed by atoms with Gasteiger partial charge in [0, 0.05) is 6.54 Å². The molecule has 1 aliphatic rings. The van der Waals surface area contributed by atoms with Crippen molar-refractivity contribution in [3.05, 3.63) is 0 Å². The fraction of sp³-hybridized carbons (Fsp3) is 0.917. The molecule has 0 spiro atoms. The van der Waals surface area contributed by atoms with Crippen LogP contribution in [0.1, 0.15) is 33.6 Å². The number of alkyl halides is 3. The Labute approximate surface area is 111 Å². The molecule has 0 aromatic rings. The third-order valence-electron chi connectivity index (χ3n) is 3.17. The molecular formula is C12H21F3N2O2. The van der Waals surface area contributed by atoms with E-state index in [9.17, 15) is 18.0 Å². The Hall–Kier alpha value is -0.980. The van der Waals surface area contributed by atoms with Gasteiger partial charge in [-0.25, -0.2) is 4.79 Å². The monoisotopic (exact) mass is 282 g/mol. The van der Waals surface area contributed by atoms with Gasteiger partial charge in [0.15, 0.2) is 0 Å². The van der Waals surface area contributed by atoms with E-state index in [-0.39, 0.29) is 13.0 Å². The first kappa shape index (κ1) is 16.1. The van der Waals surface area contributed by atoms with Crippen LogP contribution in [0.3, 0.4) is 0 Å². The zero-order valence-electron chi connectivity index (χ0n) is 11.7. The van der Waals surface area contributed by atoms with Gasteiger partial charge in [-0.05, 0) is 40.7 Å². The molecule has 1 fully saturated rings. The fourth-order valence-corrected chi connectivity index (χ4v) is 2.12.